The monoisotopic (exact) mass is 303 g/mol. The second kappa shape index (κ2) is 7.11. The van der Waals surface area contributed by atoms with Gasteiger partial charge in [-0.2, -0.15) is 0 Å². The highest BCUT2D eigenvalue weighted by molar-refractivity contribution is 5.92. The molecular formula is C14H17N5O3. The predicted molar refractivity (Wildman–Crippen MR) is 83.9 cm³/mol. The molecule has 1 heterocycles. The van der Waals surface area contributed by atoms with E-state index in [0.29, 0.717) is 28.7 Å². The van der Waals surface area contributed by atoms with Gasteiger partial charge in [0.25, 0.3) is 0 Å². The van der Waals surface area contributed by atoms with Crippen LogP contribution in [-0.2, 0) is 4.84 Å². The molecule has 2 rings (SSSR count). The molecule has 0 unspecified atom stereocenters. The van der Waals surface area contributed by atoms with Crippen molar-refractivity contribution >= 4 is 23.5 Å². The molecule has 0 fully saturated rings. The number of hydrogen-bond acceptors (Lipinski definition) is 8. The number of oxime groups is 1. The van der Waals surface area contributed by atoms with Crippen molar-refractivity contribution in [2.45, 2.75) is 0 Å². The van der Waals surface area contributed by atoms with Crippen LogP contribution in [0.2, 0.25) is 0 Å². The van der Waals surface area contributed by atoms with E-state index in [1.807, 2.05) is 6.07 Å². The van der Waals surface area contributed by atoms with Gasteiger partial charge in [-0.1, -0.05) is 5.16 Å². The summed E-state index contributed by atoms with van der Waals surface area (Å²) in [7, 11) is 4.59. The summed E-state index contributed by atoms with van der Waals surface area (Å²) < 4.78 is 10.5. The van der Waals surface area contributed by atoms with Crippen LogP contribution >= 0.6 is 0 Å². The number of rotatable bonds is 6. The fraction of sp³-hybridized carbons (Fsp3) is 0.214. The van der Waals surface area contributed by atoms with Gasteiger partial charge in [0.1, 0.15) is 25.1 Å². The van der Waals surface area contributed by atoms with Gasteiger partial charge in [0.2, 0.25) is 0 Å². The Morgan fingerprint density at radius 2 is 1.91 bits per heavy atom. The topological polar surface area (TPSA) is 104 Å². The van der Waals surface area contributed by atoms with Gasteiger partial charge in [-0.05, 0) is 12.1 Å². The molecule has 2 aromatic rings. The zero-order valence-corrected chi connectivity index (χ0v) is 12.5. The van der Waals surface area contributed by atoms with E-state index in [1.165, 1.54) is 19.7 Å². The summed E-state index contributed by atoms with van der Waals surface area (Å²) in [6, 6.07) is 5.40. The quantitative estimate of drug-likeness (QED) is 0.619. The smallest absolute Gasteiger partial charge is 0.162 e. The number of hydrogen-bond donors (Lipinski definition) is 2. The number of nitrogens with zero attached hydrogens (tertiary/aromatic N) is 3. The van der Waals surface area contributed by atoms with Crippen molar-refractivity contribution in [1.29, 1.82) is 0 Å². The zero-order valence-electron chi connectivity index (χ0n) is 12.5. The Hall–Kier alpha value is -3.03. The molecule has 116 valence electrons. The van der Waals surface area contributed by atoms with Gasteiger partial charge in [0, 0.05) is 11.8 Å². The molecule has 3 N–H and O–H groups in total. The summed E-state index contributed by atoms with van der Waals surface area (Å²) in [6.45, 7) is 0. The highest BCUT2D eigenvalue weighted by atomic mass is 16.6. The van der Waals surface area contributed by atoms with Crippen LogP contribution in [0.15, 0.2) is 29.7 Å². The third kappa shape index (κ3) is 3.35. The summed E-state index contributed by atoms with van der Waals surface area (Å²) in [6.07, 6.45) is 2.81. The lowest BCUT2D eigenvalue weighted by Gasteiger charge is -2.12. The van der Waals surface area contributed by atoms with Crippen LogP contribution in [0.1, 0.15) is 5.56 Å². The minimum absolute atomic E-state index is 0.291. The number of anilines is 3. The van der Waals surface area contributed by atoms with E-state index < -0.39 is 0 Å². The number of nitrogens with two attached hydrogens (primary N) is 1. The van der Waals surface area contributed by atoms with Gasteiger partial charge < -0.3 is 25.4 Å². The minimum Gasteiger partial charge on any atom is -0.493 e. The van der Waals surface area contributed by atoms with E-state index in [0.717, 1.165) is 5.69 Å². The van der Waals surface area contributed by atoms with Crippen LogP contribution in [0.3, 0.4) is 0 Å². The molecule has 0 saturated heterocycles. The molecule has 22 heavy (non-hydrogen) atoms. The van der Waals surface area contributed by atoms with Gasteiger partial charge in [0.15, 0.2) is 11.5 Å². The van der Waals surface area contributed by atoms with Crippen LogP contribution < -0.4 is 20.5 Å². The molecule has 0 bridgehead atoms. The summed E-state index contributed by atoms with van der Waals surface area (Å²) >= 11 is 0. The lowest BCUT2D eigenvalue weighted by atomic mass is 10.2. The fourth-order valence-electron chi connectivity index (χ4n) is 1.79. The summed E-state index contributed by atoms with van der Waals surface area (Å²) in [5.41, 5.74) is 7.11. The molecule has 0 saturated carbocycles. The van der Waals surface area contributed by atoms with Crippen molar-refractivity contribution in [3.63, 3.8) is 0 Å². The lowest BCUT2D eigenvalue weighted by molar-refractivity contribution is 0.215. The van der Waals surface area contributed by atoms with E-state index in [2.05, 4.69) is 25.3 Å². The van der Waals surface area contributed by atoms with E-state index in [-0.39, 0.29) is 0 Å². The summed E-state index contributed by atoms with van der Waals surface area (Å²) in [5, 5.41) is 6.83. The maximum Gasteiger partial charge on any atom is 0.162 e. The highest BCUT2D eigenvalue weighted by Crippen LogP contribution is 2.31. The third-order valence-electron chi connectivity index (χ3n) is 2.85. The minimum atomic E-state index is 0.291. The molecule has 1 aromatic heterocycles. The Kier molecular flexibility index (Phi) is 4.97. The number of nitrogen functional groups attached to an aromatic ring is 1. The van der Waals surface area contributed by atoms with Gasteiger partial charge in [-0.15, -0.1) is 0 Å². The molecule has 0 aliphatic carbocycles. The number of nitrogens with one attached hydrogen (secondary N) is 1. The van der Waals surface area contributed by atoms with Gasteiger partial charge in [0.05, 0.1) is 26.0 Å². The van der Waals surface area contributed by atoms with Crippen LogP contribution in [0.4, 0.5) is 17.3 Å². The lowest BCUT2D eigenvalue weighted by Crippen LogP contribution is -2.05. The van der Waals surface area contributed by atoms with Crippen LogP contribution in [0, 0.1) is 0 Å². The molecule has 0 aliphatic rings. The Balaban J connectivity index is 2.35. The Morgan fingerprint density at radius 1 is 1.14 bits per heavy atom. The molecule has 0 amide bonds. The first-order valence-corrected chi connectivity index (χ1v) is 6.35. The highest BCUT2D eigenvalue weighted by Gasteiger charge is 2.10. The van der Waals surface area contributed by atoms with Gasteiger partial charge in [-0.3, -0.25) is 0 Å². The first-order valence-electron chi connectivity index (χ1n) is 6.35. The summed E-state index contributed by atoms with van der Waals surface area (Å²) in [5.74, 6) is 2.03. The van der Waals surface area contributed by atoms with Crippen molar-refractivity contribution in [3.05, 3.63) is 30.1 Å². The third-order valence-corrected chi connectivity index (χ3v) is 2.85. The summed E-state index contributed by atoms with van der Waals surface area (Å²) in [4.78, 5) is 12.8. The molecule has 0 atom stereocenters. The van der Waals surface area contributed by atoms with Gasteiger partial charge >= 0.3 is 0 Å². The van der Waals surface area contributed by atoms with Crippen molar-refractivity contribution < 1.29 is 14.3 Å². The molecule has 0 radical (unpaired) electrons. The number of methoxy groups -OCH3 is 2. The Morgan fingerprint density at radius 3 is 2.59 bits per heavy atom. The molecule has 0 aliphatic heterocycles. The number of benzene rings is 1. The van der Waals surface area contributed by atoms with E-state index in [1.54, 1.807) is 26.4 Å². The van der Waals surface area contributed by atoms with E-state index in [9.17, 15) is 0 Å². The van der Waals surface area contributed by atoms with Crippen molar-refractivity contribution in [1.82, 2.24) is 9.97 Å². The Labute approximate surface area is 127 Å². The first-order chi connectivity index (χ1) is 10.7. The van der Waals surface area contributed by atoms with Gasteiger partial charge in [-0.25, -0.2) is 9.97 Å². The maximum absolute atomic E-state index is 5.83. The standard InChI is InChI=1S/C14H17N5O3/c1-20-11-5-4-9(6-12(11)21-2)19-14-10(7-18-22-3)13(15)16-8-17-14/h4-8H,1-3H3,(H3,15,16,17,19). The molecule has 8 nitrogen and oxygen atoms in total. The molecular weight excluding hydrogens is 286 g/mol. The maximum atomic E-state index is 5.83. The molecule has 0 spiro atoms. The molecule has 1 aromatic carbocycles. The second-order valence-corrected chi connectivity index (χ2v) is 4.13. The van der Waals surface area contributed by atoms with Crippen molar-refractivity contribution in [2.75, 3.05) is 32.4 Å². The first kappa shape index (κ1) is 15.4. The van der Waals surface area contributed by atoms with Crippen molar-refractivity contribution in [3.8, 4) is 11.5 Å². The molecule has 8 heteroatoms. The average Bonchev–Trinajstić information content (AvgIpc) is 2.54. The fourth-order valence-corrected chi connectivity index (χ4v) is 1.79. The SMILES string of the molecule is CON=Cc1c(N)ncnc1Nc1ccc(OC)c(OC)c1. The largest absolute Gasteiger partial charge is 0.493 e. The average molecular weight is 303 g/mol. The van der Waals surface area contributed by atoms with Crippen LogP contribution in [0.25, 0.3) is 0 Å². The van der Waals surface area contributed by atoms with Crippen LogP contribution in [-0.4, -0.2) is 37.5 Å². The van der Waals surface area contributed by atoms with Crippen molar-refractivity contribution in [2.24, 2.45) is 5.16 Å². The zero-order chi connectivity index (χ0) is 15.9. The van der Waals surface area contributed by atoms with E-state index in [4.69, 9.17) is 15.2 Å². The number of aromatic nitrogens is 2. The normalized spacial score (nSPS) is 10.5. The second-order valence-electron chi connectivity index (χ2n) is 4.13. The predicted octanol–water partition coefficient (Wildman–Crippen LogP) is 1.80. The van der Waals surface area contributed by atoms with Crippen LogP contribution in [0.5, 0.6) is 11.5 Å². The van der Waals surface area contributed by atoms with E-state index >= 15 is 0 Å². The number of ether oxygens (including phenoxy) is 2. The Bertz CT molecular complexity index is 676.